The van der Waals surface area contributed by atoms with Crippen molar-refractivity contribution in [2.24, 2.45) is 5.73 Å². The summed E-state index contributed by atoms with van der Waals surface area (Å²) in [5, 5.41) is 0. The summed E-state index contributed by atoms with van der Waals surface area (Å²) in [6.07, 6.45) is -2.75. The highest BCUT2D eigenvalue weighted by Gasteiger charge is 2.30. The largest absolute Gasteiger partial charge is 0.416 e. The van der Waals surface area contributed by atoms with Crippen LogP contribution in [-0.4, -0.2) is 4.98 Å². The maximum atomic E-state index is 12.5. The summed E-state index contributed by atoms with van der Waals surface area (Å²) in [7, 11) is 0. The molecule has 0 aliphatic heterocycles. The minimum absolute atomic E-state index is 0. The van der Waals surface area contributed by atoms with Gasteiger partial charge in [-0.05, 0) is 45.8 Å². The van der Waals surface area contributed by atoms with Gasteiger partial charge in [-0.2, -0.15) is 13.2 Å². The van der Waals surface area contributed by atoms with Crippen molar-refractivity contribution in [3.8, 4) is 0 Å². The van der Waals surface area contributed by atoms with Crippen LogP contribution < -0.4 is 5.73 Å². The van der Waals surface area contributed by atoms with E-state index in [0.717, 1.165) is 16.6 Å². The van der Waals surface area contributed by atoms with Crippen LogP contribution in [0.5, 0.6) is 0 Å². The first-order valence-corrected chi connectivity index (χ1v) is 6.22. The van der Waals surface area contributed by atoms with E-state index in [1.54, 1.807) is 18.3 Å². The Hall–Kier alpha value is -1.11. The Labute approximate surface area is 128 Å². The van der Waals surface area contributed by atoms with Crippen molar-refractivity contribution < 1.29 is 13.2 Å². The van der Waals surface area contributed by atoms with Crippen LogP contribution in [0.2, 0.25) is 0 Å². The van der Waals surface area contributed by atoms with E-state index in [9.17, 15) is 13.2 Å². The third-order valence-electron chi connectivity index (χ3n) is 2.68. The highest BCUT2D eigenvalue weighted by atomic mass is 79.9. The van der Waals surface area contributed by atoms with Gasteiger partial charge in [0, 0.05) is 10.7 Å². The van der Waals surface area contributed by atoms with Crippen LogP contribution in [0.4, 0.5) is 13.2 Å². The lowest BCUT2D eigenvalue weighted by Gasteiger charge is -2.14. The van der Waals surface area contributed by atoms with Gasteiger partial charge in [-0.1, -0.05) is 12.1 Å². The van der Waals surface area contributed by atoms with E-state index in [-0.39, 0.29) is 12.4 Å². The summed E-state index contributed by atoms with van der Waals surface area (Å²) in [6, 6.07) is 7.73. The molecule has 2 aromatic rings. The summed E-state index contributed by atoms with van der Waals surface area (Å²) in [6.45, 7) is 0. The van der Waals surface area contributed by atoms with E-state index in [4.69, 9.17) is 5.73 Å². The molecule has 1 aromatic carbocycles. The normalized spacial score (nSPS) is 12.7. The summed E-state index contributed by atoms with van der Waals surface area (Å²) in [4.78, 5) is 4.13. The molecule has 1 atom stereocenters. The van der Waals surface area contributed by atoms with Crippen molar-refractivity contribution >= 4 is 28.3 Å². The van der Waals surface area contributed by atoms with Gasteiger partial charge in [0.05, 0.1) is 17.3 Å². The number of hydrogen-bond donors (Lipinski definition) is 1. The van der Waals surface area contributed by atoms with Gasteiger partial charge in [0.15, 0.2) is 0 Å². The standard InChI is InChI=1S/C13H10BrF3N2.ClH/c14-10-2-1-7-19-12(10)11(18)8-3-5-9(6-4-8)13(15,16)17;/h1-7,11H,18H2;1H. The fraction of sp³-hybridized carbons (Fsp3) is 0.154. The molecular weight excluding hydrogens is 357 g/mol. The SMILES string of the molecule is Cl.NC(c1ccc(C(F)(F)F)cc1)c1ncccc1Br. The lowest BCUT2D eigenvalue weighted by molar-refractivity contribution is -0.137. The molecule has 1 aromatic heterocycles. The molecule has 1 heterocycles. The van der Waals surface area contributed by atoms with Crippen molar-refractivity contribution in [2.75, 3.05) is 0 Å². The second kappa shape index (κ2) is 6.56. The number of benzene rings is 1. The van der Waals surface area contributed by atoms with Gasteiger partial charge in [-0.15, -0.1) is 12.4 Å². The first-order chi connectivity index (χ1) is 8.89. The zero-order chi connectivity index (χ0) is 14.0. The van der Waals surface area contributed by atoms with E-state index >= 15 is 0 Å². The Bertz CT molecular complexity index is 573. The first kappa shape index (κ1) is 16.9. The van der Waals surface area contributed by atoms with E-state index < -0.39 is 17.8 Å². The third-order valence-corrected chi connectivity index (χ3v) is 3.35. The number of alkyl halides is 3. The van der Waals surface area contributed by atoms with Crippen LogP contribution in [-0.2, 0) is 6.18 Å². The molecule has 0 spiro atoms. The van der Waals surface area contributed by atoms with Gasteiger partial charge < -0.3 is 5.73 Å². The Morgan fingerprint density at radius 1 is 1.10 bits per heavy atom. The second-order valence-corrected chi connectivity index (χ2v) is 4.82. The Balaban J connectivity index is 0.00000200. The molecular formula is C13H11BrClF3N2. The Kier molecular flexibility index (Phi) is 5.56. The summed E-state index contributed by atoms with van der Waals surface area (Å²) < 4.78 is 38.1. The number of rotatable bonds is 2. The third kappa shape index (κ3) is 3.71. The molecule has 0 saturated carbocycles. The van der Waals surface area contributed by atoms with Gasteiger partial charge in [-0.25, -0.2) is 0 Å². The van der Waals surface area contributed by atoms with Gasteiger partial charge >= 0.3 is 6.18 Å². The van der Waals surface area contributed by atoms with E-state index in [0.29, 0.717) is 11.3 Å². The predicted octanol–water partition coefficient (Wildman–Crippen LogP) is 4.33. The molecule has 0 radical (unpaired) electrons. The number of nitrogens with zero attached hydrogens (tertiary/aromatic N) is 1. The van der Waals surface area contributed by atoms with Gasteiger partial charge in [0.2, 0.25) is 0 Å². The lowest BCUT2D eigenvalue weighted by atomic mass is 10.0. The van der Waals surface area contributed by atoms with Crippen molar-refractivity contribution in [3.63, 3.8) is 0 Å². The molecule has 0 amide bonds. The highest BCUT2D eigenvalue weighted by molar-refractivity contribution is 9.10. The second-order valence-electron chi connectivity index (χ2n) is 3.97. The van der Waals surface area contributed by atoms with Crippen LogP contribution in [0.3, 0.4) is 0 Å². The maximum absolute atomic E-state index is 12.5. The molecule has 0 aliphatic carbocycles. The van der Waals surface area contributed by atoms with Gasteiger partial charge in [0.1, 0.15) is 0 Å². The molecule has 2 N–H and O–H groups in total. The lowest BCUT2D eigenvalue weighted by Crippen LogP contribution is -2.14. The van der Waals surface area contributed by atoms with Crippen molar-refractivity contribution in [3.05, 3.63) is 63.9 Å². The van der Waals surface area contributed by atoms with Crippen molar-refractivity contribution in [1.82, 2.24) is 4.98 Å². The minimum atomic E-state index is -4.34. The van der Waals surface area contributed by atoms with E-state index in [1.165, 1.54) is 12.1 Å². The zero-order valence-corrected chi connectivity index (χ0v) is 12.5. The van der Waals surface area contributed by atoms with Crippen LogP contribution in [0.15, 0.2) is 47.1 Å². The van der Waals surface area contributed by atoms with E-state index in [2.05, 4.69) is 20.9 Å². The first-order valence-electron chi connectivity index (χ1n) is 5.43. The molecule has 108 valence electrons. The van der Waals surface area contributed by atoms with Gasteiger partial charge in [-0.3, -0.25) is 4.98 Å². The number of nitrogens with two attached hydrogens (primary N) is 1. The minimum Gasteiger partial charge on any atom is -0.319 e. The molecule has 7 heteroatoms. The number of halogens is 5. The zero-order valence-electron chi connectivity index (χ0n) is 10.1. The molecule has 2 rings (SSSR count). The fourth-order valence-electron chi connectivity index (χ4n) is 1.66. The van der Waals surface area contributed by atoms with Crippen molar-refractivity contribution in [2.45, 2.75) is 12.2 Å². The molecule has 0 saturated heterocycles. The van der Waals surface area contributed by atoms with Crippen molar-refractivity contribution in [1.29, 1.82) is 0 Å². The molecule has 20 heavy (non-hydrogen) atoms. The molecule has 2 nitrogen and oxygen atoms in total. The van der Waals surface area contributed by atoms with E-state index in [1.807, 2.05) is 0 Å². The van der Waals surface area contributed by atoms with Crippen LogP contribution in [0.25, 0.3) is 0 Å². The maximum Gasteiger partial charge on any atom is 0.416 e. The summed E-state index contributed by atoms with van der Waals surface area (Å²) in [5.74, 6) is 0. The average Bonchev–Trinajstić information content (AvgIpc) is 2.38. The quantitative estimate of drug-likeness (QED) is 0.858. The summed E-state index contributed by atoms with van der Waals surface area (Å²) >= 11 is 3.32. The van der Waals surface area contributed by atoms with Crippen LogP contribution in [0, 0.1) is 0 Å². The smallest absolute Gasteiger partial charge is 0.319 e. The molecule has 0 aliphatic rings. The highest BCUT2D eigenvalue weighted by Crippen LogP contribution is 2.31. The molecule has 1 unspecified atom stereocenters. The monoisotopic (exact) mass is 366 g/mol. The Morgan fingerprint density at radius 2 is 1.70 bits per heavy atom. The number of aromatic nitrogens is 1. The number of pyridine rings is 1. The van der Waals surface area contributed by atoms with Gasteiger partial charge in [0.25, 0.3) is 0 Å². The van der Waals surface area contributed by atoms with Crippen LogP contribution >= 0.6 is 28.3 Å². The van der Waals surface area contributed by atoms with Crippen LogP contribution in [0.1, 0.15) is 22.9 Å². The Morgan fingerprint density at radius 3 is 2.20 bits per heavy atom. The molecule has 0 bridgehead atoms. The average molecular weight is 368 g/mol. The number of hydrogen-bond acceptors (Lipinski definition) is 2. The topological polar surface area (TPSA) is 38.9 Å². The molecule has 0 fully saturated rings. The summed E-state index contributed by atoms with van der Waals surface area (Å²) in [5.41, 5.74) is 6.47. The predicted molar refractivity (Wildman–Crippen MR) is 76.7 cm³/mol. The fourth-order valence-corrected chi connectivity index (χ4v) is 2.17.